The lowest BCUT2D eigenvalue weighted by molar-refractivity contribution is 0.197. The van der Waals surface area contributed by atoms with E-state index in [1.54, 1.807) is 18.4 Å². The van der Waals surface area contributed by atoms with Gasteiger partial charge in [-0.25, -0.2) is 4.98 Å². The van der Waals surface area contributed by atoms with E-state index < -0.39 is 0 Å². The molecule has 0 amide bonds. The van der Waals surface area contributed by atoms with Crippen molar-refractivity contribution >= 4 is 27.3 Å². The second kappa shape index (κ2) is 8.03. The van der Waals surface area contributed by atoms with Crippen molar-refractivity contribution in [2.24, 2.45) is 0 Å². The van der Waals surface area contributed by atoms with Gasteiger partial charge >= 0.3 is 0 Å². The van der Waals surface area contributed by atoms with E-state index in [9.17, 15) is 0 Å². The summed E-state index contributed by atoms with van der Waals surface area (Å²) in [5, 5.41) is 6.80. The Hall–Kier alpha value is -0.750. The molecule has 5 heteroatoms. The minimum Gasteiger partial charge on any atom is -0.383 e. The fourth-order valence-corrected chi connectivity index (χ4v) is 3.53. The zero-order valence-electron chi connectivity index (χ0n) is 12.6. The van der Waals surface area contributed by atoms with Gasteiger partial charge in [-0.3, -0.25) is 0 Å². The first-order valence-corrected chi connectivity index (χ1v) is 8.72. The van der Waals surface area contributed by atoms with Crippen molar-refractivity contribution in [1.29, 1.82) is 0 Å². The van der Waals surface area contributed by atoms with Crippen molar-refractivity contribution in [2.75, 3.05) is 20.3 Å². The van der Waals surface area contributed by atoms with Gasteiger partial charge in [0.05, 0.1) is 18.3 Å². The molecule has 1 aromatic heterocycles. The Kier molecular flexibility index (Phi) is 6.36. The molecular formula is C16H21BrN2OS. The lowest BCUT2D eigenvalue weighted by Crippen LogP contribution is -2.26. The maximum atomic E-state index is 5.14. The average Bonchev–Trinajstić information content (AvgIpc) is 2.93. The molecule has 1 unspecified atom stereocenters. The third-order valence-corrected chi connectivity index (χ3v) is 4.64. The summed E-state index contributed by atoms with van der Waals surface area (Å²) >= 11 is 5.26. The van der Waals surface area contributed by atoms with Gasteiger partial charge in [0.15, 0.2) is 0 Å². The Morgan fingerprint density at radius 2 is 2.19 bits per heavy atom. The van der Waals surface area contributed by atoms with Gasteiger partial charge in [0, 0.05) is 23.5 Å². The molecule has 1 aromatic carbocycles. The van der Waals surface area contributed by atoms with E-state index in [1.165, 1.54) is 5.56 Å². The van der Waals surface area contributed by atoms with Crippen molar-refractivity contribution < 1.29 is 4.74 Å². The molecule has 0 bridgehead atoms. The summed E-state index contributed by atoms with van der Waals surface area (Å²) in [5.74, 6) is 0.456. The SMILES string of the molecule is COCCNC(c1cccc(Br)c1)c1nc(C(C)C)cs1. The van der Waals surface area contributed by atoms with Crippen LogP contribution in [0.5, 0.6) is 0 Å². The van der Waals surface area contributed by atoms with Crippen LogP contribution in [-0.4, -0.2) is 25.2 Å². The van der Waals surface area contributed by atoms with Gasteiger partial charge in [0.1, 0.15) is 5.01 Å². The van der Waals surface area contributed by atoms with Crippen molar-refractivity contribution in [3.05, 3.63) is 50.4 Å². The molecule has 2 rings (SSSR count). The molecule has 0 radical (unpaired) electrons. The van der Waals surface area contributed by atoms with Crippen molar-refractivity contribution in [3.63, 3.8) is 0 Å². The standard InChI is InChI=1S/C16H21BrN2OS/c1-11(2)14-10-21-16(19-14)15(18-7-8-20-3)12-5-4-6-13(17)9-12/h4-6,9-11,15,18H,7-8H2,1-3H3. The highest BCUT2D eigenvalue weighted by Gasteiger charge is 2.18. The summed E-state index contributed by atoms with van der Waals surface area (Å²) in [6.45, 7) is 5.83. The number of hydrogen-bond acceptors (Lipinski definition) is 4. The molecule has 0 saturated heterocycles. The van der Waals surface area contributed by atoms with Gasteiger partial charge in [-0.15, -0.1) is 11.3 Å². The molecule has 2 aromatic rings. The number of nitrogens with one attached hydrogen (secondary N) is 1. The summed E-state index contributed by atoms with van der Waals surface area (Å²) < 4.78 is 6.22. The van der Waals surface area contributed by atoms with Crippen LogP contribution in [0.2, 0.25) is 0 Å². The number of thiazole rings is 1. The number of benzene rings is 1. The van der Waals surface area contributed by atoms with Crippen LogP contribution in [0.3, 0.4) is 0 Å². The fraction of sp³-hybridized carbons (Fsp3) is 0.438. The molecule has 1 atom stereocenters. The van der Waals surface area contributed by atoms with Crippen LogP contribution < -0.4 is 5.32 Å². The monoisotopic (exact) mass is 368 g/mol. The van der Waals surface area contributed by atoms with Gasteiger partial charge in [-0.1, -0.05) is 41.9 Å². The van der Waals surface area contributed by atoms with E-state index in [1.807, 2.05) is 6.07 Å². The number of nitrogens with zero attached hydrogens (tertiary/aromatic N) is 1. The number of methoxy groups -OCH3 is 1. The maximum absolute atomic E-state index is 5.14. The first kappa shape index (κ1) is 16.6. The molecular weight excluding hydrogens is 348 g/mol. The van der Waals surface area contributed by atoms with Gasteiger partial charge in [0.2, 0.25) is 0 Å². The number of hydrogen-bond donors (Lipinski definition) is 1. The number of ether oxygens (including phenoxy) is 1. The Labute approximate surface area is 138 Å². The van der Waals surface area contributed by atoms with Crippen LogP contribution in [-0.2, 0) is 4.74 Å². The summed E-state index contributed by atoms with van der Waals surface area (Å²) in [4.78, 5) is 4.79. The Morgan fingerprint density at radius 3 is 2.81 bits per heavy atom. The molecule has 0 aliphatic rings. The van der Waals surface area contributed by atoms with Crippen LogP contribution in [0, 0.1) is 0 Å². The third-order valence-electron chi connectivity index (χ3n) is 3.21. The lowest BCUT2D eigenvalue weighted by Gasteiger charge is -2.17. The Bertz CT molecular complexity index is 571. The van der Waals surface area contributed by atoms with Crippen LogP contribution in [0.15, 0.2) is 34.1 Å². The molecule has 0 saturated carbocycles. The minimum absolute atomic E-state index is 0.107. The zero-order valence-corrected chi connectivity index (χ0v) is 15.0. The lowest BCUT2D eigenvalue weighted by atomic mass is 10.1. The van der Waals surface area contributed by atoms with E-state index in [0.717, 1.165) is 21.7 Å². The van der Waals surface area contributed by atoms with Crippen LogP contribution in [0.4, 0.5) is 0 Å². The van der Waals surface area contributed by atoms with Gasteiger partial charge in [-0.2, -0.15) is 0 Å². The van der Waals surface area contributed by atoms with Crippen molar-refractivity contribution in [1.82, 2.24) is 10.3 Å². The highest BCUT2D eigenvalue weighted by Crippen LogP contribution is 2.28. The smallest absolute Gasteiger partial charge is 0.114 e. The molecule has 1 heterocycles. The summed E-state index contributed by atoms with van der Waals surface area (Å²) in [6, 6.07) is 8.47. The highest BCUT2D eigenvalue weighted by molar-refractivity contribution is 9.10. The van der Waals surface area contributed by atoms with E-state index in [0.29, 0.717) is 12.5 Å². The number of aromatic nitrogens is 1. The molecule has 0 spiro atoms. The number of rotatable bonds is 7. The van der Waals surface area contributed by atoms with E-state index in [2.05, 4.69) is 58.7 Å². The van der Waals surface area contributed by atoms with E-state index in [4.69, 9.17) is 9.72 Å². The van der Waals surface area contributed by atoms with E-state index in [-0.39, 0.29) is 6.04 Å². The largest absolute Gasteiger partial charge is 0.383 e. The highest BCUT2D eigenvalue weighted by atomic mass is 79.9. The third kappa shape index (κ3) is 4.61. The van der Waals surface area contributed by atoms with Crippen molar-refractivity contribution in [3.8, 4) is 0 Å². The topological polar surface area (TPSA) is 34.1 Å². The normalized spacial score (nSPS) is 12.8. The molecule has 0 aliphatic carbocycles. The van der Waals surface area contributed by atoms with Crippen LogP contribution in [0.1, 0.15) is 42.1 Å². The number of halogens is 1. The quantitative estimate of drug-likeness (QED) is 0.737. The second-order valence-corrected chi connectivity index (χ2v) is 7.01. The van der Waals surface area contributed by atoms with Crippen LogP contribution >= 0.6 is 27.3 Å². The van der Waals surface area contributed by atoms with Gasteiger partial charge < -0.3 is 10.1 Å². The van der Waals surface area contributed by atoms with E-state index >= 15 is 0 Å². The molecule has 1 N–H and O–H groups in total. The first-order chi connectivity index (χ1) is 10.1. The molecule has 114 valence electrons. The summed E-state index contributed by atoms with van der Waals surface area (Å²) in [6.07, 6.45) is 0. The molecule has 0 fully saturated rings. The van der Waals surface area contributed by atoms with Crippen molar-refractivity contribution in [2.45, 2.75) is 25.8 Å². The Balaban J connectivity index is 2.26. The first-order valence-electron chi connectivity index (χ1n) is 7.05. The minimum atomic E-state index is 0.107. The predicted octanol–water partition coefficient (Wildman–Crippen LogP) is 4.35. The zero-order chi connectivity index (χ0) is 15.2. The van der Waals surface area contributed by atoms with Gasteiger partial charge in [-0.05, 0) is 23.6 Å². The fourth-order valence-electron chi connectivity index (χ4n) is 2.04. The maximum Gasteiger partial charge on any atom is 0.114 e. The molecule has 3 nitrogen and oxygen atoms in total. The Morgan fingerprint density at radius 1 is 1.38 bits per heavy atom. The van der Waals surface area contributed by atoms with Crippen LogP contribution in [0.25, 0.3) is 0 Å². The summed E-state index contributed by atoms with van der Waals surface area (Å²) in [5.41, 5.74) is 2.37. The van der Waals surface area contributed by atoms with Gasteiger partial charge in [0.25, 0.3) is 0 Å². The predicted molar refractivity (Wildman–Crippen MR) is 92.1 cm³/mol. The summed E-state index contributed by atoms with van der Waals surface area (Å²) in [7, 11) is 1.72. The molecule has 21 heavy (non-hydrogen) atoms. The second-order valence-electron chi connectivity index (χ2n) is 5.20. The molecule has 0 aliphatic heterocycles. The average molecular weight is 369 g/mol.